The monoisotopic (exact) mass is 233 g/mol. The molecular formula is C9H16ClN3O2. The van der Waals surface area contributed by atoms with Crippen LogP contribution in [0, 0.1) is 0 Å². The minimum Gasteiger partial charge on any atom is -0.406 e. The highest BCUT2D eigenvalue weighted by atomic mass is 35.5. The Bertz CT molecular complexity index is 301. The fourth-order valence-corrected chi connectivity index (χ4v) is 1.27. The Morgan fingerprint density at radius 3 is 2.47 bits per heavy atom. The van der Waals surface area contributed by atoms with E-state index in [1.54, 1.807) is 6.92 Å². The molecule has 0 aliphatic rings. The first-order valence-corrected chi connectivity index (χ1v) is 5.35. The average molecular weight is 234 g/mol. The molecule has 1 unspecified atom stereocenters. The molecule has 1 atom stereocenters. The standard InChI is InChI=1S/C9H16ClN3O2/c1-6(2)13(4-5-14)9-12-11-8(15-9)7(3)10/h6-7,14H,4-5H2,1-3H3. The summed E-state index contributed by atoms with van der Waals surface area (Å²) in [6.07, 6.45) is 0. The first-order valence-electron chi connectivity index (χ1n) is 4.91. The van der Waals surface area contributed by atoms with Gasteiger partial charge in [-0.1, -0.05) is 5.10 Å². The van der Waals surface area contributed by atoms with Crippen LogP contribution in [0.3, 0.4) is 0 Å². The molecule has 0 aliphatic carbocycles. The van der Waals surface area contributed by atoms with E-state index >= 15 is 0 Å². The van der Waals surface area contributed by atoms with Crippen LogP contribution in [0.1, 0.15) is 32.0 Å². The predicted molar refractivity (Wildman–Crippen MR) is 58.1 cm³/mol. The molecule has 1 N–H and O–H groups in total. The Morgan fingerprint density at radius 2 is 2.07 bits per heavy atom. The zero-order valence-electron chi connectivity index (χ0n) is 9.14. The maximum Gasteiger partial charge on any atom is 0.318 e. The molecule has 0 fully saturated rings. The number of halogens is 1. The summed E-state index contributed by atoms with van der Waals surface area (Å²) in [5.41, 5.74) is 0. The lowest BCUT2D eigenvalue weighted by molar-refractivity contribution is 0.294. The Labute approximate surface area is 94.0 Å². The van der Waals surface area contributed by atoms with Gasteiger partial charge in [0.15, 0.2) is 0 Å². The molecule has 1 aromatic heterocycles. The number of hydrogen-bond donors (Lipinski definition) is 1. The number of aliphatic hydroxyl groups is 1. The van der Waals surface area contributed by atoms with Crippen LogP contribution in [-0.4, -0.2) is 34.5 Å². The Hall–Kier alpha value is -0.810. The summed E-state index contributed by atoms with van der Waals surface area (Å²) < 4.78 is 5.38. The van der Waals surface area contributed by atoms with Gasteiger partial charge in [-0.25, -0.2) is 0 Å². The van der Waals surface area contributed by atoms with Crippen LogP contribution in [-0.2, 0) is 0 Å². The minimum atomic E-state index is -0.297. The van der Waals surface area contributed by atoms with E-state index in [2.05, 4.69) is 10.2 Å². The maximum absolute atomic E-state index is 8.91. The third-order valence-corrected chi connectivity index (χ3v) is 2.17. The second-order valence-electron chi connectivity index (χ2n) is 3.55. The summed E-state index contributed by atoms with van der Waals surface area (Å²) in [5.74, 6) is 0.398. The Morgan fingerprint density at radius 1 is 1.40 bits per heavy atom. The summed E-state index contributed by atoms with van der Waals surface area (Å²) in [5, 5.41) is 16.3. The Kier molecular flexibility index (Phi) is 4.35. The SMILES string of the molecule is CC(Cl)c1nnc(N(CCO)C(C)C)o1. The van der Waals surface area contributed by atoms with Gasteiger partial charge in [-0.05, 0) is 20.8 Å². The van der Waals surface area contributed by atoms with Gasteiger partial charge in [-0.3, -0.25) is 0 Å². The maximum atomic E-state index is 8.91. The van der Waals surface area contributed by atoms with E-state index in [1.165, 1.54) is 0 Å². The first-order chi connectivity index (χ1) is 7.06. The van der Waals surface area contributed by atoms with Crippen molar-refractivity contribution in [1.82, 2.24) is 10.2 Å². The van der Waals surface area contributed by atoms with E-state index in [0.29, 0.717) is 18.5 Å². The Balaban J connectivity index is 2.81. The second-order valence-corrected chi connectivity index (χ2v) is 4.20. The van der Waals surface area contributed by atoms with Crippen molar-refractivity contribution >= 4 is 17.6 Å². The highest BCUT2D eigenvalue weighted by molar-refractivity contribution is 6.20. The number of aromatic nitrogens is 2. The topological polar surface area (TPSA) is 62.4 Å². The number of alkyl halides is 1. The molecule has 0 radical (unpaired) electrons. The molecule has 86 valence electrons. The van der Waals surface area contributed by atoms with Gasteiger partial charge in [0, 0.05) is 12.6 Å². The molecule has 5 nitrogen and oxygen atoms in total. The summed E-state index contributed by atoms with van der Waals surface area (Å²) in [6, 6.07) is 0.595. The van der Waals surface area contributed by atoms with Crippen molar-refractivity contribution in [1.29, 1.82) is 0 Å². The molecule has 6 heteroatoms. The smallest absolute Gasteiger partial charge is 0.318 e. The van der Waals surface area contributed by atoms with E-state index in [9.17, 15) is 0 Å². The number of hydrogen-bond acceptors (Lipinski definition) is 5. The highest BCUT2D eigenvalue weighted by Crippen LogP contribution is 2.22. The van der Waals surface area contributed by atoms with Crippen LogP contribution in [0.25, 0.3) is 0 Å². The van der Waals surface area contributed by atoms with Crippen molar-refractivity contribution in [3.63, 3.8) is 0 Å². The van der Waals surface area contributed by atoms with Gasteiger partial charge in [-0.15, -0.1) is 16.7 Å². The molecule has 0 amide bonds. The average Bonchev–Trinajstić information content (AvgIpc) is 2.62. The third kappa shape index (κ3) is 3.07. The van der Waals surface area contributed by atoms with Crippen LogP contribution in [0.15, 0.2) is 4.42 Å². The van der Waals surface area contributed by atoms with E-state index in [0.717, 1.165) is 0 Å². The second kappa shape index (κ2) is 5.32. The number of rotatable bonds is 5. The van der Waals surface area contributed by atoms with Crippen molar-refractivity contribution in [2.45, 2.75) is 32.2 Å². The van der Waals surface area contributed by atoms with Gasteiger partial charge in [0.25, 0.3) is 0 Å². The van der Waals surface area contributed by atoms with Crippen molar-refractivity contribution in [2.75, 3.05) is 18.1 Å². The molecule has 0 aromatic carbocycles. The molecule has 15 heavy (non-hydrogen) atoms. The van der Waals surface area contributed by atoms with Crippen molar-refractivity contribution in [2.24, 2.45) is 0 Å². The van der Waals surface area contributed by atoms with E-state index in [4.69, 9.17) is 21.1 Å². The normalized spacial score (nSPS) is 13.2. The number of nitrogens with zero attached hydrogens (tertiary/aromatic N) is 3. The fourth-order valence-electron chi connectivity index (χ4n) is 1.19. The summed E-state index contributed by atoms with van der Waals surface area (Å²) in [6.45, 7) is 6.26. The van der Waals surface area contributed by atoms with Gasteiger partial charge in [-0.2, -0.15) is 0 Å². The van der Waals surface area contributed by atoms with Crippen LogP contribution in [0.5, 0.6) is 0 Å². The lowest BCUT2D eigenvalue weighted by atomic mass is 10.3. The van der Waals surface area contributed by atoms with Gasteiger partial charge in [0.1, 0.15) is 5.38 Å². The molecule has 0 bridgehead atoms. The lowest BCUT2D eigenvalue weighted by Gasteiger charge is -2.22. The van der Waals surface area contributed by atoms with E-state index in [1.807, 2.05) is 18.7 Å². The molecule has 1 heterocycles. The van der Waals surface area contributed by atoms with E-state index in [-0.39, 0.29) is 18.0 Å². The molecule has 1 aromatic rings. The van der Waals surface area contributed by atoms with Gasteiger partial charge < -0.3 is 14.4 Å². The summed E-state index contributed by atoms with van der Waals surface area (Å²) >= 11 is 5.81. The zero-order chi connectivity index (χ0) is 11.4. The molecule has 0 saturated carbocycles. The zero-order valence-corrected chi connectivity index (χ0v) is 9.90. The van der Waals surface area contributed by atoms with Crippen LogP contribution >= 0.6 is 11.6 Å². The quantitative estimate of drug-likeness (QED) is 0.783. The van der Waals surface area contributed by atoms with Crippen LogP contribution in [0.4, 0.5) is 6.01 Å². The molecule has 0 saturated heterocycles. The first kappa shape index (κ1) is 12.3. The molecule has 0 spiro atoms. The molecule has 1 rings (SSSR count). The number of aliphatic hydroxyl groups excluding tert-OH is 1. The van der Waals surface area contributed by atoms with E-state index < -0.39 is 0 Å². The molecular weight excluding hydrogens is 218 g/mol. The highest BCUT2D eigenvalue weighted by Gasteiger charge is 2.18. The largest absolute Gasteiger partial charge is 0.406 e. The summed E-state index contributed by atoms with van der Waals surface area (Å²) in [7, 11) is 0. The van der Waals surface area contributed by atoms with Gasteiger partial charge >= 0.3 is 6.01 Å². The third-order valence-electron chi connectivity index (χ3n) is 1.98. The summed E-state index contributed by atoms with van der Waals surface area (Å²) in [4.78, 5) is 1.83. The van der Waals surface area contributed by atoms with Crippen LogP contribution in [0.2, 0.25) is 0 Å². The minimum absolute atomic E-state index is 0.0479. The number of anilines is 1. The molecule has 0 aliphatic heterocycles. The van der Waals surface area contributed by atoms with Crippen molar-refractivity contribution in [3.8, 4) is 0 Å². The van der Waals surface area contributed by atoms with Crippen molar-refractivity contribution in [3.05, 3.63) is 5.89 Å². The van der Waals surface area contributed by atoms with Gasteiger partial charge in [0.2, 0.25) is 5.89 Å². The lowest BCUT2D eigenvalue weighted by Crippen LogP contribution is -2.33. The fraction of sp³-hybridized carbons (Fsp3) is 0.778. The van der Waals surface area contributed by atoms with Crippen molar-refractivity contribution < 1.29 is 9.52 Å². The van der Waals surface area contributed by atoms with Crippen LogP contribution < -0.4 is 4.90 Å². The predicted octanol–water partition coefficient (Wildman–Crippen LogP) is 1.58. The van der Waals surface area contributed by atoms with Gasteiger partial charge in [0.05, 0.1) is 6.61 Å².